The number of hydrogen-bond acceptors (Lipinski definition) is 7. The van der Waals surface area contributed by atoms with Gasteiger partial charge >= 0.3 is 0 Å². The summed E-state index contributed by atoms with van der Waals surface area (Å²) in [5, 5.41) is 0. The van der Waals surface area contributed by atoms with Crippen molar-refractivity contribution in [3.05, 3.63) is 71.5 Å². The van der Waals surface area contributed by atoms with Gasteiger partial charge in [-0.1, -0.05) is 12.1 Å². The van der Waals surface area contributed by atoms with Gasteiger partial charge in [-0.15, -0.1) is 0 Å². The van der Waals surface area contributed by atoms with E-state index in [2.05, 4.69) is 39.0 Å². The van der Waals surface area contributed by atoms with Gasteiger partial charge in [-0.2, -0.15) is 0 Å². The van der Waals surface area contributed by atoms with Crippen molar-refractivity contribution in [1.29, 1.82) is 0 Å². The highest BCUT2D eigenvalue weighted by molar-refractivity contribution is 5.51. The number of aromatic nitrogens is 2. The smallest absolute Gasteiger partial charge is 0.225 e. The maximum Gasteiger partial charge on any atom is 0.225 e. The average molecular weight is 446 g/mol. The fourth-order valence-electron chi connectivity index (χ4n) is 4.60. The molecule has 0 aliphatic carbocycles. The number of hydrogen-bond donors (Lipinski definition) is 0. The number of ether oxygens (including phenoxy) is 2. The molecular formula is C26H31N5O2. The van der Waals surface area contributed by atoms with Crippen molar-refractivity contribution < 1.29 is 9.47 Å². The summed E-state index contributed by atoms with van der Waals surface area (Å²) in [6.07, 6.45) is 3.00. The van der Waals surface area contributed by atoms with Crippen LogP contribution in [-0.4, -0.2) is 61.8 Å². The minimum Gasteiger partial charge on any atom is -0.497 e. The summed E-state index contributed by atoms with van der Waals surface area (Å²) < 4.78 is 10.5. The first-order chi connectivity index (χ1) is 16.2. The molecule has 2 aromatic carbocycles. The van der Waals surface area contributed by atoms with E-state index in [0.717, 1.165) is 69.7 Å². The molecule has 1 aromatic heterocycles. The number of rotatable bonds is 6. The van der Waals surface area contributed by atoms with Crippen LogP contribution in [0.25, 0.3) is 0 Å². The molecule has 0 radical (unpaired) electrons. The Kier molecular flexibility index (Phi) is 6.30. The summed E-state index contributed by atoms with van der Waals surface area (Å²) >= 11 is 0. The number of fused-ring (bicyclic) bond motifs is 1. The van der Waals surface area contributed by atoms with Crippen molar-refractivity contribution in [1.82, 2.24) is 14.9 Å². The molecule has 33 heavy (non-hydrogen) atoms. The number of anilines is 2. The molecule has 0 N–H and O–H groups in total. The van der Waals surface area contributed by atoms with Crippen LogP contribution < -0.4 is 19.3 Å². The summed E-state index contributed by atoms with van der Waals surface area (Å²) in [4.78, 5) is 16.9. The Balaban J connectivity index is 1.18. The third-order valence-electron chi connectivity index (χ3n) is 6.57. The van der Waals surface area contributed by atoms with Crippen molar-refractivity contribution in [2.45, 2.75) is 19.5 Å². The largest absolute Gasteiger partial charge is 0.497 e. The Morgan fingerprint density at radius 2 is 1.42 bits per heavy atom. The van der Waals surface area contributed by atoms with E-state index in [4.69, 9.17) is 19.4 Å². The SMILES string of the molecule is COc1ccc(CN2CCc3nc(N4CCN(c5ccc(OC)cc5)CC4)ncc3C2)cc1. The second-order valence-corrected chi connectivity index (χ2v) is 8.62. The molecule has 3 aromatic rings. The highest BCUT2D eigenvalue weighted by Gasteiger charge is 2.23. The number of nitrogens with zero attached hydrogens (tertiary/aromatic N) is 5. The van der Waals surface area contributed by atoms with Crippen molar-refractivity contribution in [3.8, 4) is 11.5 Å². The van der Waals surface area contributed by atoms with Crippen LogP contribution in [0.4, 0.5) is 11.6 Å². The lowest BCUT2D eigenvalue weighted by molar-refractivity contribution is 0.243. The highest BCUT2D eigenvalue weighted by Crippen LogP contribution is 2.24. The Labute approximate surface area is 195 Å². The van der Waals surface area contributed by atoms with E-state index < -0.39 is 0 Å². The van der Waals surface area contributed by atoms with Crippen LogP contribution in [0.3, 0.4) is 0 Å². The van der Waals surface area contributed by atoms with Crippen LogP contribution in [0.15, 0.2) is 54.7 Å². The Bertz CT molecular complexity index is 1060. The lowest BCUT2D eigenvalue weighted by Crippen LogP contribution is -2.47. The fourth-order valence-corrected chi connectivity index (χ4v) is 4.60. The van der Waals surface area contributed by atoms with Crippen molar-refractivity contribution >= 4 is 11.6 Å². The minimum absolute atomic E-state index is 0.867. The molecule has 1 fully saturated rings. The van der Waals surface area contributed by atoms with Gasteiger partial charge in [0.1, 0.15) is 11.5 Å². The standard InChI is InChI=1S/C26H31N5O2/c1-32-23-7-3-20(4-8-23)18-29-12-11-25-21(19-29)17-27-26(28-25)31-15-13-30(14-16-31)22-5-9-24(33-2)10-6-22/h3-10,17H,11-16,18-19H2,1-2H3. The van der Waals surface area contributed by atoms with E-state index in [1.807, 2.05) is 30.5 Å². The molecule has 0 atom stereocenters. The highest BCUT2D eigenvalue weighted by atomic mass is 16.5. The molecule has 172 valence electrons. The topological polar surface area (TPSA) is 54.0 Å². The lowest BCUT2D eigenvalue weighted by Gasteiger charge is -2.36. The molecule has 7 heteroatoms. The molecule has 0 saturated carbocycles. The molecule has 2 aliphatic rings. The molecule has 0 spiro atoms. The molecule has 2 aliphatic heterocycles. The van der Waals surface area contributed by atoms with Gasteiger partial charge in [0.05, 0.1) is 19.9 Å². The van der Waals surface area contributed by atoms with E-state index >= 15 is 0 Å². The second kappa shape index (κ2) is 9.67. The molecule has 1 saturated heterocycles. The molecule has 7 nitrogen and oxygen atoms in total. The summed E-state index contributed by atoms with van der Waals surface area (Å²) in [5.41, 5.74) is 4.98. The van der Waals surface area contributed by atoms with E-state index in [9.17, 15) is 0 Å². The van der Waals surface area contributed by atoms with Crippen LogP contribution in [0.2, 0.25) is 0 Å². The molecule has 0 bridgehead atoms. The van der Waals surface area contributed by atoms with E-state index in [0.29, 0.717) is 0 Å². The zero-order chi connectivity index (χ0) is 22.6. The summed E-state index contributed by atoms with van der Waals surface area (Å²) in [6.45, 7) is 6.61. The van der Waals surface area contributed by atoms with Gasteiger partial charge in [0.25, 0.3) is 0 Å². The predicted molar refractivity (Wildman–Crippen MR) is 130 cm³/mol. The van der Waals surface area contributed by atoms with E-state index in [1.54, 1.807) is 14.2 Å². The predicted octanol–water partition coefficient (Wildman–Crippen LogP) is 3.38. The number of piperazine rings is 1. The minimum atomic E-state index is 0.867. The number of methoxy groups -OCH3 is 2. The van der Waals surface area contributed by atoms with E-state index in [1.165, 1.54) is 22.5 Å². The number of benzene rings is 2. The quantitative estimate of drug-likeness (QED) is 0.577. The van der Waals surface area contributed by atoms with Gasteiger partial charge in [0.2, 0.25) is 5.95 Å². The third kappa shape index (κ3) is 4.88. The zero-order valence-corrected chi connectivity index (χ0v) is 19.4. The maximum atomic E-state index is 5.27. The van der Waals surface area contributed by atoms with Gasteiger partial charge < -0.3 is 19.3 Å². The first-order valence-corrected chi connectivity index (χ1v) is 11.6. The maximum absolute atomic E-state index is 5.27. The van der Waals surface area contributed by atoms with Crippen molar-refractivity contribution in [2.24, 2.45) is 0 Å². The molecule has 0 unspecified atom stereocenters. The van der Waals surface area contributed by atoms with Gasteiger partial charge in [0, 0.05) is 69.7 Å². The second-order valence-electron chi connectivity index (χ2n) is 8.62. The fraction of sp³-hybridized carbons (Fsp3) is 0.385. The first-order valence-electron chi connectivity index (χ1n) is 11.6. The monoisotopic (exact) mass is 445 g/mol. The first kappa shape index (κ1) is 21.5. The molecule has 3 heterocycles. The Morgan fingerprint density at radius 3 is 2.09 bits per heavy atom. The summed E-state index contributed by atoms with van der Waals surface area (Å²) in [7, 11) is 3.40. The van der Waals surface area contributed by atoms with Crippen LogP contribution >= 0.6 is 0 Å². The van der Waals surface area contributed by atoms with Crippen LogP contribution in [0.1, 0.15) is 16.8 Å². The van der Waals surface area contributed by atoms with Crippen molar-refractivity contribution in [2.75, 3.05) is 56.7 Å². The van der Waals surface area contributed by atoms with Gasteiger partial charge in [-0.3, -0.25) is 4.90 Å². The molecule has 0 amide bonds. The Morgan fingerprint density at radius 1 is 0.788 bits per heavy atom. The van der Waals surface area contributed by atoms with E-state index in [-0.39, 0.29) is 0 Å². The van der Waals surface area contributed by atoms with Gasteiger partial charge in [-0.25, -0.2) is 9.97 Å². The van der Waals surface area contributed by atoms with Crippen LogP contribution in [0.5, 0.6) is 11.5 Å². The molecule has 5 rings (SSSR count). The van der Waals surface area contributed by atoms with Crippen LogP contribution in [0, 0.1) is 0 Å². The van der Waals surface area contributed by atoms with Gasteiger partial charge in [0.15, 0.2) is 0 Å². The third-order valence-corrected chi connectivity index (χ3v) is 6.57. The Hall–Kier alpha value is -3.32. The van der Waals surface area contributed by atoms with Gasteiger partial charge in [-0.05, 0) is 42.0 Å². The normalized spacial score (nSPS) is 16.4. The zero-order valence-electron chi connectivity index (χ0n) is 19.4. The summed E-state index contributed by atoms with van der Waals surface area (Å²) in [5.74, 6) is 2.66. The van der Waals surface area contributed by atoms with Crippen LogP contribution in [-0.2, 0) is 19.5 Å². The summed E-state index contributed by atoms with van der Waals surface area (Å²) in [6, 6.07) is 16.6. The average Bonchev–Trinajstić information content (AvgIpc) is 2.89. The molecular weight excluding hydrogens is 414 g/mol. The van der Waals surface area contributed by atoms with Crippen molar-refractivity contribution in [3.63, 3.8) is 0 Å². The lowest BCUT2D eigenvalue weighted by atomic mass is 10.1.